The fourth-order valence-electron chi connectivity index (χ4n) is 1.84. The average molecular weight is 375 g/mol. The van der Waals surface area contributed by atoms with Crippen LogP contribution in [0.3, 0.4) is 0 Å². The van der Waals surface area contributed by atoms with Gasteiger partial charge in [-0.1, -0.05) is 0 Å². The highest BCUT2D eigenvalue weighted by atomic mass is 31.2. The van der Waals surface area contributed by atoms with E-state index >= 15 is 0 Å². The van der Waals surface area contributed by atoms with Crippen LogP contribution in [-0.4, -0.2) is 41.4 Å². The minimum absolute atomic E-state index is 0.0404. The molecule has 0 aromatic carbocycles. The summed E-state index contributed by atoms with van der Waals surface area (Å²) in [4.78, 5) is 26.9. The van der Waals surface area contributed by atoms with Crippen molar-refractivity contribution in [2.24, 2.45) is 5.41 Å². The van der Waals surface area contributed by atoms with Crippen molar-refractivity contribution in [2.75, 3.05) is 25.5 Å². The van der Waals surface area contributed by atoms with Crippen molar-refractivity contribution in [3.63, 3.8) is 0 Å². The van der Waals surface area contributed by atoms with Gasteiger partial charge in [0.2, 0.25) is 6.79 Å². The van der Waals surface area contributed by atoms with E-state index in [0.717, 1.165) is 0 Å². The van der Waals surface area contributed by atoms with Crippen LogP contribution in [0.1, 0.15) is 20.8 Å². The van der Waals surface area contributed by atoms with Gasteiger partial charge in [0, 0.05) is 6.20 Å². The third-order valence-corrected chi connectivity index (χ3v) is 4.78. The van der Waals surface area contributed by atoms with Gasteiger partial charge < -0.3 is 19.7 Å². The van der Waals surface area contributed by atoms with E-state index in [1.54, 1.807) is 20.8 Å². The maximum Gasteiger partial charge on any atom is 0.359 e. The SMILES string of the molecule is CC(C)(C)C(=O)OCOP1(=O)COC(Cn2ccc(N)nc2=O)CO1. The molecule has 2 heterocycles. The van der Waals surface area contributed by atoms with Crippen molar-refractivity contribution in [1.82, 2.24) is 9.55 Å². The zero-order valence-corrected chi connectivity index (χ0v) is 15.2. The Morgan fingerprint density at radius 1 is 1.52 bits per heavy atom. The van der Waals surface area contributed by atoms with Crippen LogP contribution in [0.5, 0.6) is 0 Å². The minimum atomic E-state index is -3.51. The Morgan fingerprint density at radius 3 is 2.80 bits per heavy atom. The smallest absolute Gasteiger partial charge is 0.359 e. The molecule has 1 aromatic rings. The maximum atomic E-state index is 12.3. The molecule has 10 nitrogen and oxygen atoms in total. The van der Waals surface area contributed by atoms with E-state index in [0.29, 0.717) is 0 Å². The molecule has 25 heavy (non-hydrogen) atoms. The Balaban J connectivity index is 1.81. The van der Waals surface area contributed by atoms with Crippen molar-refractivity contribution in [3.8, 4) is 0 Å². The van der Waals surface area contributed by atoms with E-state index in [1.165, 1.54) is 16.8 Å². The molecule has 2 rings (SSSR count). The molecule has 0 amide bonds. The van der Waals surface area contributed by atoms with Crippen molar-refractivity contribution in [3.05, 3.63) is 22.7 Å². The van der Waals surface area contributed by atoms with Crippen molar-refractivity contribution >= 4 is 19.4 Å². The third kappa shape index (κ3) is 5.64. The summed E-state index contributed by atoms with van der Waals surface area (Å²) in [5.41, 5.74) is 4.22. The van der Waals surface area contributed by atoms with Crippen LogP contribution in [-0.2, 0) is 34.4 Å². The molecule has 1 fully saturated rings. The van der Waals surface area contributed by atoms with Crippen LogP contribution in [0.15, 0.2) is 17.1 Å². The number of nitrogens with two attached hydrogens (primary N) is 1. The standard InChI is InChI=1S/C14H22N3O7P/c1-14(2,3)12(18)21-8-24-25(20)9-22-10(7-23-25)6-17-5-4-11(15)16-13(17)19/h4-5,10H,6-9H2,1-3H3,(H2,15,16,19). The van der Waals surface area contributed by atoms with Gasteiger partial charge in [-0.25, -0.2) is 4.79 Å². The Hall–Kier alpha value is -1.74. The first-order valence-corrected chi connectivity index (χ1v) is 9.32. The summed E-state index contributed by atoms with van der Waals surface area (Å²) in [6.07, 6.45) is 0.693. The van der Waals surface area contributed by atoms with E-state index < -0.39 is 37.6 Å². The molecule has 0 radical (unpaired) electrons. The fraction of sp³-hybridized carbons (Fsp3) is 0.643. The lowest BCUT2D eigenvalue weighted by atomic mass is 9.98. The number of carbonyl (C=O) groups excluding carboxylic acids is 1. The van der Waals surface area contributed by atoms with Crippen LogP contribution < -0.4 is 11.4 Å². The van der Waals surface area contributed by atoms with Gasteiger partial charge in [-0.2, -0.15) is 4.98 Å². The predicted octanol–water partition coefficient (Wildman–Crippen LogP) is 0.955. The number of aromatic nitrogens is 2. The zero-order chi connectivity index (χ0) is 18.7. The Bertz CT molecular complexity index is 716. The number of rotatable bonds is 5. The van der Waals surface area contributed by atoms with Crippen LogP contribution in [0.25, 0.3) is 0 Å². The van der Waals surface area contributed by atoms with E-state index in [2.05, 4.69) is 4.98 Å². The van der Waals surface area contributed by atoms with E-state index in [4.69, 9.17) is 24.3 Å². The first-order valence-electron chi connectivity index (χ1n) is 7.59. The molecule has 2 atom stereocenters. The number of nitrogens with zero attached hydrogens (tertiary/aromatic N) is 2. The van der Waals surface area contributed by atoms with Crippen molar-refractivity contribution in [1.29, 1.82) is 0 Å². The molecule has 0 spiro atoms. The lowest BCUT2D eigenvalue weighted by Crippen LogP contribution is -2.35. The van der Waals surface area contributed by atoms with Crippen molar-refractivity contribution in [2.45, 2.75) is 33.4 Å². The number of hydrogen-bond donors (Lipinski definition) is 1. The monoisotopic (exact) mass is 375 g/mol. The summed E-state index contributed by atoms with van der Waals surface area (Å²) in [7, 11) is -3.51. The van der Waals surface area contributed by atoms with Gasteiger partial charge in [-0.05, 0) is 26.8 Å². The summed E-state index contributed by atoms with van der Waals surface area (Å²) in [5.74, 6) is -0.352. The van der Waals surface area contributed by atoms with Crippen LogP contribution in [0, 0.1) is 5.41 Å². The first kappa shape index (κ1) is 19.6. The Kier molecular flexibility index (Phi) is 5.99. The Morgan fingerprint density at radius 2 is 2.24 bits per heavy atom. The number of ether oxygens (including phenoxy) is 2. The third-order valence-electron chi connectivity index (χ3n) is 3.27. The quantitative estimate of drug-likeness (QED) is 0.454. The lowest BCUT2D eigenvalue weighted by molar-refractivity contribution is -0.160. The van der Waals surface area contributed by atoms with Crippen LogP contribution in [0.2, 0.25) is 0 Å². The first-order chi connectivity index (χ1) is 11.6. The summed E-state index contributed by atoms with van der Waals surface area (Å²) in [6.45, 7) is 4.72. The van der Waals surface area contributed by atoms with Gasteiger partial charge in [0.25, 0.3) is 0 Å². The largest absolute Gasteiger partial charge is 0.438 e. The number of anilines is 1. The van der Waals surface area contributed by atoms with Crippen LogP contribution in [0.4, 0.5) is 5.82 Å². The summed E-state index contributed by atoms with van der Waals surface area (Å²) in [6, 6.07) is 1.49. The van der Waals surface area contributed by atoms with E-state index in [1.807, 2.05) is 0 Å². The topological polar surface area (TPSA) is 132 Å². The Labute approximate surface area is 144 Å². The highest BCUT2D eigenvalue weighted by Gasteiger charge is 2.34. The molecule has 11 heteroatoms. The van der Waals surface area contributed by atoms with E-state index in [9.17, 15) is 14.2 Å². The molecule has 1 aromatic heterocycles. The second-order valence-electron chi connectivity index (χ2n) is 6.54. The lowest BCUT2D eigenvalue weighted by Gasteiger charge is -2.29. The summed E-state index contributed by atoms with van der Waals surface area (Å²) < 4.78 is 34.2. The number of carbonyl (C=O) groups is 1. The number of hydrogen-bond acceptors (Lipinski definition) is 9. The summed E-state index contributed by atoms with van der Waals surface area (Å²) in [5, 5.41) is 0. The number of esters is 1. The molecule has 0 bridgehead atoms. The van der Waals surface area contributed by atoms with Gasteiger partial charge >= 0.3 is 19.3 Å². The zero-order valence-electron chi connectivity index (χ0n) is 14.3. The van der Waals surface area contributed by atoms with Crippen LogP contribution >= 0.6 is 7.60 Å². The second-order valence-corrected chi connectivity index (χ2v) is 8.54. The molecule has 140 valence electrons. The van der Waals surface area contributed by atoms with Gasteiger partial charge in [0.15, 0.2) is 0 Å². The molecule has 2 N–H and O–H groups in total. The number of nitrogen functional groups attached to an aromatic ring is 1. The van der Waals surface area contributed by atoms with Gasteiger partial charge in [-0.15, -0.1) is 0 Å². The molecular formula is C14H22N3O7P. The highest BCUT2D eigenvalue weighted by Crippen LogP contribution is 2.50. The maximum absolute atomic E-state index is 12.3. The highest BCUT2D eigenvalue weighted by molar-refractivity contribution is 7.53. The molecular weight excluding hydrogens is 353 g/mol. The minimum Gasteiger partial charge on any atom is -0.438 e. The molecule has 1 aliphatic rings. The molecule has 0 saturated carbocycles. The average Bonchev–Trinajstić information content (AvgIpc) is 2.51. The molecule has 1 saturated heterocycles. The van der Waals surface area contributed by atoms with Crippen molar-refractivity contribution < 1.29 is 27.9 Å². The van der Waals surface area contributed by atoms with Gasteiger partial charge in [0.05, 0.1) is 18.6 Å². The molecule has 1 aliphatic heterocycles. The van der Waals surface area contributed by atoms with E-state index in [-0.39, 0.29) is 25.3 Å². The van der Waals surface area contributed by atoms with Gasteiger partial charge in [0.1, 0.15) is 18.3 Å². The second kappa shape index (κ2) is 7.65. The molecule has 2 unspecified atom stereocenters. The fourth-order valence-corrected chi connectivity index (χ4v) is 3.06. The summed E-state index contributed by atoms with van der Waals surface area (Å²) >= 11 is 0. The van der Waals surface area contributed by atoms with Gasteiger partial charge in [-0.3, -0.25) is 18.5 Å². The predicted molar refractivity (Wildman–Crippen MR) is 87.7 cm³/mol. The molecule has 0 aliphatic carbocycles. The normalized spacial score (nSPS) is 24.0.